The molecule has 0 unspecified atom stereocenters. The average Bonchev–Trinajstić information content (AvgIpc) is 2.34. The molecule has 1 rings (SSSR count). The van der Waals surface area contributed by atoms with E-state index in [0.29, 0.717) is 11.3 Å². The first-order valence-corrected chi connectivity index (χ1v) is 6.42. The lowest BCUT2D eigenvalue weighted by atomic mass is 10.1. The summed E-state index contributed by atoms with van der Waals surface area (Å²) in [6.07, 6.45) is 0. The number of benzene rings is 1. The smallest absolute Gasteiger partial charge is 0.129 e. The summed E-state index contributed by atoms with van der Waals surface area (Å²) in [6.45, 7) is 0.750. The van der Waals surface area contributed by atoms with Crippen molar-refractivity contribution in [3.8, 4) is 5.75 Å². The van der Waals surface area contributed by atoms with Crippen LogP contribution in [0.4, 0.5) is 0 Å². The molecule has 94 valence electrons. The Morgan fingerprint density at radius 1 is 1.41 bits per heavy atom. The maximum absolute atomic E-state index is 7.49. The lowest BCUT2D eigenvalue weighted by Gasteiger charge is -2.09. The van der Waals surface area contributed by atoms with Crippen molar-refractivity contribution in [2.24, 2.45) is 5.73 Å². The minimum atomic E-state index is 0.0330. The molecule has 1 aromatic rings. The van der Waals surface area contributed by atoms with Crippen LogP contribution in [0.15, 0.2) is 18.2 Å². The average molecular weight is 254 g/mol. The first-order valence-electron chi connectivity index (χ1n) is 5.27. The fraction of sp³-hybridized carbons (Fsp3) is 0.417. The molecular formula is C12H18N2O2S. The Balaban J connectivity index is 2.68. The number of hydrogen-bond donors (Lipinski definition) is 2. The molecule has 0 amide bonds. The second kappa shape index (κ2) is 7.19. The monoisotopic (exact) mass is 254 g/mol. The highest BCUT2D eigenvalue weighted by atomic mass is 32.2. The van der Waals surface area contributed by atoms with Crippen molar-refractivity contribution in [3.63, 3.8) is 0 Å². The fourth-order valence-electron chi connectivity index (χ4n) is 1.39. The van der Waals surface area contributed by atoms with Gasteiger partial charge in [0.15, 0.2) is 0 Å². The van der Waals surface area contributed by atoms with Gasteiger partial charge in [-0.1, -0.05) is 6.07 Å². The highest BCUT2D eigenvalue weighted by Crippen LogP contribution is 2.21. The number of hydrogen-bond acceptors (Lipinski definition) is 4. The largest absolute Gasteiger partial charge is 0.496 e. The zero-order valence-corrected chi connectivity index (χ0v) is 11.0. The van der Waals surface area contributed by atoms with E-state index in [2.05, 4.69) is 0 Å². The predicted octanol–water partition coefficient (Wildman–Crippen LogP) is 1.86. The lowest BCUT2D eigenvalue weighted by Crippen LogP contribution is -2.12. The molecule has 1 aromatic carbocycles. The molecule has 0 aliphatic carbocycles. The molecule has 0 aliphatic rings. The molecule has 0 atom stereocenters. The summed E-state index contributed by atoms with van der Waals surface area (Å²) in [6, 6.07) is 5.75. The number of nitrogen functional groups attached to an aromatic ring is 1. The fourth-order valence-corrected chi connectivity index (χ4v) is 2.23. The molecule has 4 nitrogen and oxygen atoms in total. The first kappa shape index (κ1) is 13.9. The second-order valence-electron chi connectivity index (χ2n) is 3.49. The Hall–Kier alpha value is -1.20. The molecule has 0 radical (unpaired) electrons. The number of nitrogens with one attached hydrogen (secondary N) is 1. The van der Waals surface area contributed by atoms with Gasteiger partial charge in [0.2, 0.25) is 0 Å². The SMILES string of the molecule is COCCSCc1ccc(OC)c(C(=N)N)c1. The minimum Gasteiger partial charge on any atom is -0.496 e. The maximum Gasteiger partial charge on any atom is 0.129 e. The van der Waals surface area contributed by atoms with Gasteiger partial charge in [0.05, 0.1) is 19.3 Å². The van der Waals surface area contributed by atoms with E-state index in [1.54, 1.807) is 26.0 Å². The Bertz CT molecular complexity index is 383. The zero-order chi connectivity index (χ0) is 12.7. The normalized spacial score (nSPS) is 10.2. The topological polar surface area (TPSA) is 68.3 Å². The molecular weight excluding hydrogens is 236 g/mol. The summed E-state index contributed by atoms with van der Waals surface area (Å²) >= 11 is 1.79. The van der Waals surface area contributed by atoms with Gasteiger partial charge >= 0.3 is 0 Å². The molecule has 3 N–H and O–H groups in total. The van der Waals surface area contributed by atoms with E-state index in [-0.39, 0.29) is 5.84 Å². The van der Waals surface area contributed by atoms with E-state index >= 15 is 0 Å². The van der Waals surface area contributed by atoms with Crippen molar-refractivity contribution in [1.82, 2.24) is 0 Å². The van der Waals surface area contributed by atoms with Gasteiger partial charge in [0.1, 0.15) is 11.6 Å². The van der Waals surface area contributed by atoms with Crippen molar-refractivity contribution in [2.75, 3.05) is 26.6 Å². The van der Waals surface area contributed by atoms with E-state index in [4.69, 9.17) is 20.6 Å². The van der Waals surface area contributed by atoms with Gasteiger partial charge in [0.25, 0.3) is 0 Å². The van der Waals surface area contributed by atoms with Crippen molar-refractivity contribution in [3.05, 3.63) is 29.3 Å². The summed E-state index contributed by atoms with van der Waals surface area (Å²) < 4.78 is 10.1. The van der Waals surface area contributed by atoms with Crippen molar-refractivity contribution >= 4 is 17.6 Å². The molecule has 0 bridgehead atoms. The Kier molecular flexibility index (Phi) is 5.86. The molecule has 0 fully saturated rings. The minimum absolute atomic E-state index is 0.0330. The zero-order valence-electron chi connectivity index (χ0n) is 10.2. The van der Waals surface area contributed by atoms with Crippen LogP contribution < -0.4 is 10.5 Å². The number of thioether (sulfide) groups is 1. The third-order valence-corrected chi connectivity index (χ3v) is 3.25. The van der Waals surface area contributed by atoms with Gasteiger partial charge in [-0.3, -0.25) is 5.41 Å². The van der Waals surface area contributed by atoms with Gasteiger partial charge in [-0.25, -0.2) is 0 Å². The van der Waals surface area contributed by atoms with Gasteiger partial charge in [-0.15, -0.1) is 0 Å². The molecule has 0 heterocycles. The third kappa shape index (κ3) is 4.28. The van der Waals surface area contributed by atoms with E-state index in [1.807, 2.05) is 18.2 Å². The lowest BCUT2D eigenvalue weighted by molar-refractivity contribution is 0.218. The van der Waals surface area contributed by atoms with E-state index < -0.39 is 0 Å². The molecule has 17 heavy (non-hydrogen) atoms. The molecule has 0 saturated carbocycles. The van der Waals surface area contributed by atoms with Crippen LogP contribution in [-0.2, 0) is 10.5 Å². The predicted molar refractivity (Wildman–Crippen MR) is 72.0 cm³/mol. The standard InChI is InChI=1S/C12H18N2O2S/c1-15-5-6-17-8-9-3-4-11(16-2)10(7-9)12(13)14/h3-4,7H,5-6,8H2,1-2H3,(H3,13,14). The molecule has 0 saturated heterocycles. The van der Waals surface area contributed by atoms with Gasteiger partial charge in [-0.2, -0.15) is 11.8 Å². The van der Waals surface area contributed by atoms with Crippen molar-refractivity contribution in [2.45, 2.75) is 5.75 Å². The third-order valence-electron chi connectivity index (χ3n) is 2.25. The van der Waals surface area contributed by atoms with E-state index in [1.165, 1.54) is 0 Å². The van der Waals surface area contributed by atoms with Crippen LogP contribution in [0, 0.1) is 5.41 Å². The number of amidine groups is 1. The summed E-state index contributed by atoms with van der Waals surface area (Å²) in [5.74, 6) is 2.51. The number of rotatable bonds is 7. The van der Waals surface area contributed by atoms with Gasteiger partial charge in [0, 0.05) is 18.6 Å². The maximum atomic E-state index is 7.49. The Labute approximate surface area is 106 Å². The van der Waals surface area contributed by atoms with Gasteiger partial charge < -0.3 is 15.2 Å². The van der Waals surface area contributed by atoms with Crippen LogP contribution in [0.25, 0.3) is 0 Å². The summed E-state index contributed by atoms with van der Waals surface area (Å²) in [7, 11) is 3.27. The number of methoxy groups -OCH3 is 2. The molecule has 0 aliphatic heterocycles. The van der Waals surface area contributed by atoms with Gasteiger partial charge in [-0.05, 0) is 17.7 Å². The quantitative estimate of drug-likeness (QED) is 0.443. The number of nitrogens with two attached hydrogens (primary N) is 1. The van der Waals surface area contributed by atoms with Crippen LogP contribution >= 0.6 is 11.8 Å². The molecule has 0 spiro atoms. The highest BCUT2D eigenvalue weighted by Gasteiger charge is 2.07. The van der Waals surface area contributed by atoms with Crippen LogP contribution in [0.2, 0.25) is 0 Å². The van der Waals surface area contributed by atoms with Crippen LogP contribution in [0.3, 0.4) is 0 Å². The summed E-state index contributed by atoms with van der Waals surface area (Å²) in [5.41, 5.74) is 7.30. The Morgan fingerprint density at radius 2 is 2.18 bits per heavy atom. The van der Waals surface area contributed by atoms with Crippen LogP contribution in [-0.4, -0.2) is 32.4 Å². The Morgan fingerprint density at radius 3 is 2.76 bits per heavy atom. The molecule has 5 heteroatoms. The van der Waals surface area contributed by atoms with Crippen molar-refractivity contribution in [1.29, 1.82) is 5.41 Å². The first-order chi connectivity index (χ1) is 8.19. The molecule has 0 aromatic heterocycles. The summed E-state index contributed by atoms with van der Waals surface area (Å²) in [4.78, 5) is 0. The second-order valence-corrected chi connectivity index (χ2v) is 4.60. The van der Waals surface area contributed by atoms with Crippen molar-refractivity contribution < 1.29 is 9.47 Å². The van der Waals surface area contributed by atoms with E-state index in [0.717, 1.165) is 23.7 Å². The highest BCUT2D eigenvalue weighted by molar-refractivity contribution is 7.98. The summed E-state index contributed by atoms with van der Waals surface area (Å²) in [5, 5.41) is 7.49. The van der Waals surface area contributed by atoms with Crippen LogP contribution in [0.1, 0.15) is 11.1 Å². The number of ether oxygens (including phenoxy) is 2. The van der Waals surface area contributed by atoms with Crippen LogP contribution in [0.5, 0.6) is 5.75 Å². The van der Waals surface area contributed by atoms with E-state index in [9.17, 15) is 0 Å².